The van der Waals surface area contributed by atoms with Crippen LogP contribution in [0.4, 0.5) is 0 Å². The van der Waals surface area contributed by atoms with Gasteiger partial charge in [0.05, 0.1) is 6.04 Å². The van der Waals surface area contributed by atoms with Gasteiger partial charge in [-0.1, -0.05) is 39.5 Å². The molecule has 4 heteroatoms. The summed E-state index contributed by atoms with van der Waals surface area (Å²) in [5.74, 6) is -0.184. The fourth-order valence-electron chi connectivity index (χ4n) is 2.00. The number of amides is 1. The molecule has 0 fully saturated rings. The van der Waals surface area contributed by atoms with Gasteiger partial charge in [-0.25, -0.2) is 4.98 Å². The minimum atomic E-state index is -0.184. The second-order valence-corrected chi connectivity index (χ2v) is 6.33. The van der Waals surface area contributed by atoms with Gasteiger partial charge in [-0.2, -0.15) is 0 Å². The van der Waals surface area contributed by atoms with Gasteiger partial charge >= 0.3 is 0 Å². The molecule has 22 heavy (non-hydrogen) atoms. The van der Waals surface area contributed by atoms with E-state index in [4.69, 9.17) is 0 Å². The lowest BCUT2D eigenvalue weighted by Crippen LogP contribution is -2.39. The van der Waals surface area contributed by atoms with Gasteiger partial charge in [0.1, 0.15) is 5.69 Å². The summed E-state index contributed by atoms with van der Waals surface area (Å²) in [6, 6.07) is 5.40. The Morgan fingerprint density at radius 2 is 2.09 bits per heavy atom. The predicted octanol–water partition coefficient (Wildman–Crippen LogP) is 3.18. The molecule has 2 N–H and O–H groups in total. The number of aromatic nitrogens is 1. The average molecular weight is 301 g/mol. The molecule has 0 saturated carbocycles. The number of carbonyl (C=O) groups excluding carboxylic acids is 1. The van der Waals surface area contributed by atoms with Gasteiger partial charge in [-0.05, 0) is 25.0 Å². The fourth-order valence-corrected chi connectivity index (χ4v) is 2.00. The molecule has 0 saturated heterocycles. The summed E-state index contributed by atoms with van der Waals surface area (Å²) in [7, 11) is 1.80. The molecule has 0 aromatic carbocycles. The summed E-state index contributed by atoms with van der Waals surface area (Å²) >= 11 is 0. The summed E-state index contributed by atoms with van der Waals surface area (Å²) in [5.41, 5.74) is 2.02. The van der Waals surface area contributed by atoms with Crippen molar-refractivity contribution in [2.75, 3.05) is 7.05 Å². The molecule has 0 aliphatic rings. The maximum absolute atomic E-state index is 12.4. The number of allylic oxidation sites excluding steroid dienone is 1. The van der Waals surface area contributed by atoms with Crippen LogP contribution in [0.2, 0.25) is 0 Å². The summed E-state index contributed by atoms with van der Waals surface area (Å²) in [6.07, 6.45) is 3.40. The van der Waals surface area contributed by atoms with Crippen molar-refractivity contribution in [2.24, 2.45) is 0 Å². The molecule has 1 aromatic rings. The van der Waals surface area contributed by atoms with Gasteiger partial charge < -0.3 is 10.6 Å². The first-order valence-corrected chi connectivity index (χ1v) is 7.55. The number of hydrogen-bond acceptors (Lipinski definition) is 3. The maximum Gasteiger partial charge on any atom is 0.270 e. The number of nitrogens with zero attached hydrogens (tertiary/aromatic N) is 1. The molecule has 0 spiro atoms. The highest BCUT2D eigenvalue weighted by Crippen LogP contribution is 2.20. The van der Waals surface area contributed by atoms with Crippen LogP contribution in [-0.4, -0.2) is 24.0 Å². The minimum absolute atomic E-state index is 0.0902. The highest BCUT2D eigenvalue weighted by molar-refractivity contribution is 5.92. The van der Waals surface area contributed by atoms with E-state index in [9.17, 15) is 4.79 Å². The van der Waals surface area contributed by atoms with Crippen LogP contribution >= 0.6 is 0 Å². The molecule has 120 valence electrons. The number of hydrogen-bond donors (Lipinski definition) is 2. The molecule has 1 atom stereocenters. The summed E-state index contributed by atoms with van der Waals surface area (Å²) in [5, 5.41) is 5.99. The second kappa shape index (κ2) is 7.78. The van der Waals surface area contributed by atoms with E-state index < -0.39 is 0 Å². The molecule has 1 rings (SSSR count). The Balaban J connectivity index is 2.90. The first-order chi connectivity index (χ1) is 10.3. The molecule has 0 aliphatic carbocycles. The maximum atomic E-state index is 12.4. The Hall–Kier alpha value is -2.10. The average Bonchev–Trinajstić information content (AvgIpc) is 2.49. The molecule has 1 unspecified atom stereocenters. The van der Waals surface area contributed by atoms with Crippen molar-refractivity contribution >= 4 is 5.91 Å². The van der Waals surface area contributed by atoms with Crippen LogP contribution in [-0.2, 0) is 5.41 Å². The van der Waals surface area contributed by atoms with Crippen LogP contribution < -0.4 is 10.6 Å². The number of nitrogens with one attached hydrogen (secondary N) is 2. The highest BCUT2D eigenvalue weighted by Gasteiger charge is 2.20. The number of pyridine rings is 1. The Kier molecular flexibility index (Phi) is 6.35. The van der Waals surface area contributed by atoms with E-state index in [0.29, 0.717) is 5.69 Å². The topological polar surface area (TPSA) is 54.0 Å². The van der Waals surface area contributed by atoms with E-state index in [-0.39, 0.29) is 17.4 Å². The molecule has 1 aromatic heterocycles. The normalized spacial score (nSPS) is 12.4. The first-order valence-electron chi connectivity index (χ1n) is 7.55. The van der Waals surface area contributed by atoms with E-state index in [1.54, 1.807) is 13.1 Å². The zero-order valence-electron chi connectivity index (χ0n) is 14.1. The molecule has 0 aliphatic heterocycles. The minimum Gasteiger partial charge on any atom is -0.390 e. The smallest absolute Gasteiger partial charge is 0.270 e. The van der Waals surface area contributed by atoms with Gasteiger partial charge in [0.15, 0.2) is 0 Å². The van der Waals surface area contributed by atoms with Crippen LogP contribution in [0, 0.1) is 0 Å². The SMILES string of the molecule is C=CCCC(NC(=O)c1cccc(C(C)(C)C)n1)C(=C)NC. The molecular weight excluding hydrogens is 274 g/mol. The third-order valence-corrected chi connectivity index (χ3v) is 3.46. The largest absolute Gasteiger partial charge is 0.390 e. The fraction of sp³-hybridized carbons (Fsp3) is 0.444. The highest BCUT2D eigenvalue weighted by atomic mass is 16.1. The predicted molar refractivity (Wildman–Crippen MR) is 91.8 cm³/mol. The van der Waals surface area contributed by atoms with E-state index in [1.165, 1.54) is 0 Å². The summed E-state index contributed by atoms with van der Waals surface area (Å²) in [6.45, 7) is 13.9. The zero-order valence-corrected chi connectivity index (χ0v) is 14.1. The van der Waals surface area contributed by atoms with Crippen LogP contribution in [0.25, 0.3) is 0 Å². The lowest BCUT2D eigenvalue weighted by atomic mass is 9.91. The Morgan fingerprint density at radius 3 is 2.64 bits per heavy atom. The first kappa shape index (κ1) is 18.0. The summed E-state index contributed by atoms with van der Waals surface area (Å²) < 4.78 is 0. The lowest BCUT2D eigenvalue weighted by Gasteiger charge is -2.21. The molecule has 1 amide bonds. The molecule has 1 heterocycles. The Bertz CT molecular complexity index is 544. The quantitative estimate of drug-likeness (QED) is 0.761. The second-order valence-electron chi connectivity index (χ2n) is 6.33. The van der Waals surface area contributed by atoms with Crippen LogP contribution in [0.15, 0.2) is 43.1 Å². The van der Waals surface area contributed by atoms with Gasteiger partial charge in [-0.15, -0.1) is 6.58 Å². The van der Waals surface area contributed by atoms with E-state index in [0.717, 1.165) is 24.2 Å². The van der Waals surface area contributed by atoms with Gasteiger partial charge in [0.25, 0.3) is 5.91 Å². The summed E-state index contributed by atoms with van der Waals surface area (Å²) in [4.78, 5) is 16.9. The van der Waals surface area contributed by atoms with Crippen molar-refractivity contribution in [2.45, 2.75) is 45.1 Å². The molecule has 0 bridgehead atoms. The number of likely N-dealkylation sites (N-methyl/N-ethyl adjacent to an activating group) is 1. The third-order valence-electron chi connectivity index (χ3n) is 3.46. The Labute approximate surface area is 133 Å². The molecule has 4 nitrogen and oxygen atoms in total. The molecule has 0 radical (unpaired) electrons. The van der Waals surface area contributed by atoms with Crippen molar-refractivity contribution < 1.29 is 4.79 Å². The van der Waals surface area contributed by atoms with Crippen molar-refractivity contribution in [1.82, 2.24) is 15.6 Å². The van der Waals surface area contributed by atoms with Crippen LogP contribution in [0.1, 0.15) is 49.8 Å². The number of carbonyl (C=O) groups is 1. The van der Waals surface area contributed by atoms with Crippen molar-refractivity contribution in [1.29, 1.82) is 0 Å². The Morgan fingerprint density at radius 1 is 1.41 bits per heavy atom. The van der Waals surface area contributed by atoms with Gasteiger partial charge in [-0.3, -0.25) is 4.79 Å². The van der Waals surface area contributed by atoms with E-state index in [1.807, 2.05) is 18.2 Å². The van der Waals surface area contributed by atoms with E-state index >= 15 is 0 Å². The third kappa shape index (κ3) is 5.02. The van der Waals surface area contributed by atoms with Crippen molar-refractivity contribution in [3.63, 3.8) is 0 Å². The lowest BCUT2D eigenvalue weighted by molar-refractivity contribution is 0.0935. The van der Waals surface area contributed by atoms with Crippen LogP contribution in [0.5, 0.6) is 0 Å². The van der Waals surface area contributed by atoms with Gasteiger partial charge in [0.2, 0.25) is 0 Å². The standard InChI is InChI=1S/C18H27N3O/c1-7-8-10-14(13(2)19-6)21-17(22)15-11-9-12-16(20-15)18(3,4)5/h7,9,11-12,14,19H,1-2,8,10H2,3-6H3,(H,21,22). The van der Waals surface area contributed by atoms with Crippen molar-refractivity contribution in [3.05, 3.63) is 54.5 Å². The monoisotopic (exact) mass is 301 g/mol. The van der Waals surface area contributed by atoms with Gasteiger partial charge in [0, 0.05) is 23.9 Å². The van der Waals surface area contributed by atoms with E-state index in [2.05, 4.69) is 49.5 Å². The number of rotatable bonds is 7. The zero-order chi connectivity index (χ0) is 16.8. The van der Waals surface area contributed by atoms with Crippen molar-refractivity contribution in [3.8, 4) is 0 Å². The van der Waals surface area contributed by atoms with Crippen LogP contribution in [0.3, 0.4) is 0 Å². The molecular formula is C18H27N3O.